The van der Waals surface area contributed by atoms with E-state index >= 15 is 0 Å². The summed E-state index contributed by atoms with van der Waals surface area (Å²) in [6.45, 7) is 11.9. The molecule has 1 fully saturated rings. The van der Waals surface area contributed by atoms with Crippen molar-refractivity contribution < 1.29 is 39.0 Å². The van der Waals surface area contributed by atoms with E-state index in [2.05, 4.69) is 33.9 Å². The molecule has 14 heteroatoms. The highest BCUT2D eigenvalue weighted by molar-refractivity contribution is 7.80. The second-order valence-electron chi connectivity index (χ2n) is 12.8. The van der Waals surface area contributed by atoms with E-state index in [1.165, 1.54) is 0 Å². The number of aliphatic carboxylic acids is 1. The quantitative estimate of drug-likeness (QED) is 0.108. The molecule has 0 radical (unpaired) electrons. The zero-order valence-electron chi connectivity index (χ0n) is 30.3. The van der Waals surface area contributed by atoms with Crippen molar-refractivity contribution in [3.05, 3.63) is 77.2 Å². The highest BCUT2D eigenvalue weighted by atomic mass is 32.1. The van der Waals surface area contributed by atoms with Gasteiger partial charge in [0.25, 0.3) is 0 Å². The Morgan fingerprint density at radius 1 is 0.980 bits per heavy atom. The van der Waals surface area contributed by atoms with Crippen molar-refractivity contribution >= 4 is 28.9 Å². The summed E-state index contributed by atoms with van der Waals surface area (Å²) in [7, 11) is 1.80. The molecule has 1 saturated heterocycles. The molecule has 2 aliphatic rings. The zero-order chi connectivity index (χ0) is 36.8. The van der Waals surface area contributed by atoms with Gasteiger partial charge < -0.3 is 40.0 Å². The number of likely N-dealkylation sites (N-methyl/N-ethyl adjacent to an activating group) is 1. The number of ether oxygens (including phenoxy) is 4. The van der Waals surface area contributed by atoms with Gasteiger partial charge in [-0.3, -0.25) is 15.1 Å². The normalized spacial score (nSPS) is 20.5. The first-order valence-electron chi connectivity index (χ1n) is 17.6. The number of nitrogens with two attached hydrogens (primary N) is 1. The van der Waals surface area contributed by atoms with Gasteiger partial charge in [-0.25, -0.2) is 9.68 Å². The summed E-state index contributed by atoms with van der Waals surface area (Å²) >= 11 is 5.41. The fourth-order valence-corrected chi connectivity index (χ4v) is 5.57. The molecular weight excluding hydrogens is 675 g/mol. The van der Waals surface area contributed by atoms with Gasteiger partial charge >= 0.3 is 5.97 Å². The molecule has 1 aromatic carbocycles. The maximum absolute atomic E-state index is 11.6. The standard InChI is InChI=1S/C37H57N5O8S/c1-29(2)36(51)39-33-9-7-30(8-10-33)25-31(11-16-50-45)26-32(38)27-41-12-17-46-21-23-48-19-14-42(15-20-49-24-22-47-18-13-41)28-34-5-4-6-35(37(43)44)40(34)3/h4-11,26,29,34,45H,12-25,27-28,38H2,1-3H3,(H,39,51)(H,43,44)/b31-11-,32-26-. The summed E-state index contributed by atoms with van der Waals surface area (Å²) in [6.07, 6.45) is 9.79. The third-order valence-electron chi connectivity index (χ3n) is 8.43. The zero-order valence-corrected chi connectivity index (χ0v) is 31.2. The Morgan fingerprint density at radius 3 is 2.08 bits per heavy atom. The first kappa shape index (κ1) is 42.2. The van der Waals surface area contributed by atoms with Gasteiger partial charge in [-0.05, 0) is 41.8 Å². The van der Waals surface area contributed by atoms with Crippen LogP contribution in [0.2, 0.25) is 0 Å². The average molecular weight is 732 g/mol. The van der Waals surface area contributed by atoms with Crippen LogP contribution < -0.4 is 11.1 Å². The van der Waals surface area contributed by atoms with Crippen molar-refractivity contribution in [2.45, 2.75) is 26.3 Å². The lowest BCUT2D eigenvalue weighted by Gasteiger charge is -2.34. The van der Waals surface area contributed by atoms with Crippen LogP contribution in [0.15, 0.2) is 71.6 Å². The predicted octanol–water partition coefficient (Wildman–Crippen LogP) is 3.41. The molecule has 51 heavy (non-hydrogen) atoms. The van der Waals surface area contributed by atoms with Crippen molar-refractivity contribution in [1.82, 2.24) is 14.7 Å². The second-order valence-corrected chi connectivity index (χ2v) is 13.2. The van der Waals surface area contributed by atoms with E-state index in [9.17, 15) is 9.90 Å². The van der Waals surface area contributed by atoms with Crippen molar-refractivity contribution in [1.29, 1.82) is 0 Å². The number of benzene rings is 1. The van der Waals surface area contributed by atoms with Crippen LogP contribution in [0.5, 0.6) is 0 Å². The number of carbonyl (C=O) groups is 1. The van der Waals surface area contributed by atoms with E-state index in [1.54, 1.807) is 24.1 Å². The Kier molecular flexibility index (Phi) is 20.0. The maximum atomic E-state index is 11.6. The molecule has 0 amide bonds. The van der Waals surface area contributed by atoms with Crippen LogP contribution in [-0.4, -0.2) is 148 Å². The summed E-state index contributed by atoms with van der Waals surface area (Å²) in [5.74, 6) is -0.675. The number of hydrogen-bond acceptors (Lipinski definition) is 12. The second kappa shape index (κ2) is 24.1. The van der Waals surface area contributed by atoms with Gasteiger partial charge in [0, 0.05) is 63.6 Å². The topological polar surface area (TPSA) is 151 Å². The van der Waals surface area contributed by atoms with Crippen molar-refractivity contribution in [2.75, 3.05) is 111 Å². The number of anilines is 1. The smallest absolute Gasteiger partial charge is 0.352 e. The Balaban J connectivity index is 1.51. The maximum Gasteiger partial charge on any atom is 0.352 e. The summed E-state index contributed by atoms with van der Waals surface area (Å²) in [4.78, 5) is 22.9. The molecule has 2 heterocycles. The first-order chi connectivity index (χ1) is 24.7. The Labute approximate surface area is 308 Å². The molecule has 3 rings (SSSR count). The number of hydrogen-bond donors (Lipinski definition) is 4. The minimum absolute atomic E-state index is 0.0510. The number of allylic oxidation sites excluding steroid dienone is 4. The van der Waals surface area contributed by atoms with Crippen LogP contribution in [0.25, 0.3) is 0 Å². The van der Waals surface area contributed by atoms with Gasteiger partial charge in [-0.1, -0.05) is 56.4 Å². The molecule has 1 atom stereocenters. The summed E-state index contributed by atoms with van der Waals surface area (Å²) in [5, 5.41) is 21.8. The van der Waals surface area contributed by atoms with E-state index in [-0.39, 0.29) is 24.3 Å². The molecule has 0 spiro atoms. The van der Waals surface area contributed by atoms with Crippen LogP contribution in [0.4, 0.5) is 5.69 Å². The highest BCUT2D eigenvalue weighted by Gasteiger charge is 2.24. The van der Waals surface area contributed by atoms with E-state index < -0.39 is 5.97 Å². The number of nitrogens with one attached hydrogen (secondary N) is 1. The molecule has 5 N–H and O–H groups in total. The van der Waals surface area contributed by atoms with Crippen LogP contribution >= 0.6 is 12.2 Å². The fraction of sp³-hybridized carbons (Fsp3) is 0.568. The van der Waals surface area contributed by atoms with E-state index in [0.717, 1.165) is 21.8 Å². The van der Waals surface area contributed by atoms with Crippen LogP contribution in [0.1, 0.15) is 19.4 Å². The Morgan fingerprint density at radius 2 is 1.55 bits per heavy atom. The number of thiocarbonyl (C=S) groups is 1. The molecule has 1 aromatic rings. The lowest BCUT2D eigenvalue weighted by Crippen LogP contribution is -2.45. The number of carboxylic acid groups (broad SMARTS) is 1. The van der Waals surface area contributed by atoms with Crippen LogP contribution in [-0.2, 0) is 35.1 Å². The number of rotatable bonds is 12. The first-order valence-corrected chi connectivity index (χ1v) is 18.0. The SMILES string of the molecule is CC(C)C(=S)Nc1ccc(CC(/C=C(\N)CN2CCOCCOCCN(CC3C=CC=C(C(=O)O)N3C)CCOCCOCC2)=C/COO)cc1. The molecule has 0 saturated carbocycles. The van der Waals surface area contributed by atoms with Gasteiger partial charge in [0.1, 0.15) is 12.3 Å². The van der Waals surface area contributed by atoms with E-state index in [0.29, 0.717) is 104 Å². The summed E-state index contributed by atoms with van der Waals surface area (Å²) < 4.78 is 23.6. The van der Waals surface area contributed by atoms with Crippen molar-refractivity contribution in [3.8, 4) is 0 Å². The largest absolute Gasteiger partial charge is 0.477 e. The van der Waals surface area contributed by atoms with Gasteiger partial charge in [0.05, 0.1) is 63.9 Å². The summed E-state index contributed by atoms with van der Waals surface area (Å²) in [6, 6.07) is 8.02. The molecule has 0 aliphatic carbocycles. The monoisotopic (exact) mass is 731 g/mol. The van der Waals surface area contributed by atoms with Gasteiger partial charge in [-0.15, -0.1) is 0 Å². The Bertz CT molecular complexity index is 1300. The summed E-state index contributed by atoms with van der Waals surface area (Å²) in [5.41, 5.74) is 10.4. The molecule has 284 valence electrons. The number of nitrogens with zero attached hydrogens (tertiary/aromatic N) is 3. The van der Waals surface area contributed by atoms with Crippen molar-refractivity contribution in [3.63, 3.8) is 0 Å². The minimum Gasteiger partial charge on any atom is -0.477 e. The number of carboxylic acids is 1. The van der Waals surface area contributed by atoms with Gasteiger partial charge in [0.15, 0.2) is 0 Å². The molecule has 13 nitrogen and oxygen atoms in total. The fourth-order valence-electron chi connectivity index (χ4n) is 5.45. The van der Waals surface area contributed by atoms with Gasteiger partial charge in [-0.2, -0.15) is 0 Å². The van der Waals surface area contributed by atoms with Gasteiger partial charge in [0.2, 0.25) is 0 Å². The highest BCUT2D eigenvalue weighted by Crippen LogP contribution is 2.17. The van der Waals surface area contributed by atoms with E-state index in [1.807, 2.05) is 42.5 Å². The van der Waals surface area contributed by atoms with Crippen LogP contribution in [0, 0.1) is 5.92 Å². The third-order valence-corrected chi connectivity index (χ3v) is 9.01. The molecule has 0 bridgehead atoms. The molecule has 2 aliphatic heterocycles. The lowest BCUT2D eigenvalue weighted by atomic mass is 10.0. The lowest BCUT2D eigenvalue weighted by molar-refractivity contribution is -0.232. The molecule has 1 unspecified atom stereocenters. The molecular formula is C37H57N5O8S. The third kappa shape index (κ3) is 16.8. The Hall–Kier alpha value is -3.18. The molecule has 0 aromatic heterocycles. The van der Waals surface area contributed by atoms with Crippen LogP contribution in [0.3, 0.4) is 0 Å². The average Bonchev–Trinajstić information content (AvgIpc) is 3.10. The van der Waals surface area contributed by atoms with E-state index in [4.69, 9.17) is 42.2 Å². The predicted molar refractivity (Wildman–Crippen MR) is 203 cm³/mol. The minimum atomic E-state index is -0.938. The van der Waals surface area contributed by atoms with Crippen molar-refractivity contribution in [2.24, 2.45) is 11.7 Å².